The fraction of sp³-hybridized carbons (Fsp3) is 0.373. The molecule has 516 valence electrons. The molecule has 2 aliphatic heterocycles. The predicted octanol–water partition coefficient (Wildman–Crippen LogP) is 2.21. The summed E-state index contributed by atoms with van der Waals surface area (Å²) in [6.45, 7) is 0.835. The van der Waals surface area contributed by atoms with E-state index in [0.29, 0.717) is 51.2 Å². The second-order valence-corrected chi connectivity index (χ2v) is 26.9. The van der Waals surface area contributed by atoms with Crippen molar-refractivity contribution in [1.29, 1.82) is 0 Å². The molecule has 7 aromatic rings. The molecule has 1 saturated carbocycles. The number of imidazole rings is 1. The van der Waals surface area contributed by atoms with Crippen LogP contribution in [0.1, 0.15) is 79.0 Å². The number of thioether (sulfide) groups is 2. The van der Waals surface area contributed by atoms with Crippen LogP contribution in [-0.2, 0) is 89.9 Å². The molecule has 1 spiro atoms. The predicted molar refractivity (Wildman–Crippen MR) is 357 cm³/mol. The van der Waals surface area contributed by atoms with Gasteiger partial charge in [0.25, 0.3) is 0 Å². The molecule has 27 nitrogen and oxygen atoms in total. The van der Waals surface area contributed by atoms with Gasteiger partial charge in [0.15, 0.2) is 0 Å². The zero-order valence-corrected chi connectivity index (χ0v) is 54.7. The number of rotatable bonds is 11. The molecule has 4 aromatic carbocycles. The van der Waals surface area contributed by atoms with E-state index in [1.54, 1.807) is 0 Å². The largest absolute Gasteiger partial charge is 0.508 e. The Balaban J connectivity index is 0.975. The highest BCUT2D eigenvalue weighted by atomic mass is 32.2. The lowest BCUT2D eigenvalue weighted by molar-refractivity contribution is -0.147. The van der Waals surface area contributed by atoms with Gasteiger partial charge in [-0.3, -0.25) is 52.7 Å². The maximum Gasteiger partial charge on any atom is 0.305 e. The van der Waals surface area contributed by atoms with Gasteiger partial charge in [0.1, 0.15) is 64.7 Å². The minimum absolute atomic E-state index is 0.0197. The van der Waals surface area contributed by atoms with Crippen molar-refractivity contribution in [3.8, 4) is 5.75 Å². The van der Waals surface area contributed by atoms with Crippen LogP contribution in [0.2, 0.25) is 0 Å². The fourth-order valence-corrected chi connectivity index (χ4v) is 13.9. The Hall–Kier alpha value is -10.3. The second kappa shape index (κ2) is 31.3. The number of aromatic hydroxyl groups is 1. The highest BCUT2D eigenvalue weighted by Crippen LogP contribution is 2.36. The Morgan fingerprint density at radius 3 is 1.83 bits per heavy atom. The Bertz CT molecular complexity index is 4170. The van der Waals surface area contributed by atoms with Gasteiger partial charge in [-0.1, -0.05) is 36.4 Å². The van der Waals surface area contributed by atoms with Crippen LogP contribution < -0.4 is 48.3 Å². The van der Waals surface area contributed by atoms with E-state index in [1.807, 2.05) is 24.3 Å². The third-order valence-corrected chi connectivity index (χ3v) is 19.6. The number of carboxylic acid groups (broad SMARTS) is 1. The number of carboxylic acids is 1. The van der Waals surface area contributed by atoms with Gasteiger partial charge >= 0.3 is 5.97 Å². The zero-order valence-electron chi connectivity index (χ0n) is 53.1. The number of carbonyl (C=O) groups excluding carboxylic acids is 10. The molecule has 10 rings (SSSR count). The normalized spacial score (nSPS) is 23.3. The number of phenolic OH excluding ortho intramolecular Hbond substituents is 1. The van der Waals surface area contributed by atoms with E-state index >= 15 is 9.59 Å². The number of halogens is 2. The summed E-state index contributed by atoms with van der Waals surface area (Å²) in [5.41, 5.74) is 6.93. The van der Waals surface area contributed by atoms with Crippen LogP contribution in [0, 0.1) is 11.6 Å². The summed E-state index contributed by atoms with van der Waals surface area (Å²) in [4.78, 5) is 170. The number of hydrogen-bond acceptors (Lipinski definition) is 15. The summed E-state index contributed by atoms with van der Waals surface area (Å²) >= 11 is 2.81. The van der Waals surface area contributed by atoms with Gasteiger partial charge in [0, 0.05) is 108 Å². The first-order valence-corrected chi connectivity index (χ1v) is 34.0. The van der Waals surface area contributed by atoms with Crippen LogP contribution >= 0.6 is 23.5 Å². The highest BCUT2D eigenvalue weighted by Gasteiger charge is 2.51. The van der Waals surface area contributed by atoms with Crippen LogP contribution in [0.4, 0.5) is 8.78 Å². The third kappa shape index (κ3) is 17.8. The van der Waals surface area contributed by atoms with Gasteiger partial charge in [0.05, 0.1) is 19.3 Å². The molecule has 2 fully saturated rings. The lowest BCUT2D eigenvalue weighted by atomic mass is 9.95. The Kier molecular flexibility index (Phi) is 22.5. The molecule has 0 radical (unpaired) electrons. The summed E-state index contributed by atoms with van der Waals surface area (Å²) in [5, 5.41) is 42.1. The number of aliphatic carboxylic acids is 1. The maximum atomic E-state index is 15.2. The van der Waals surface area contributed by atoms with Crippen LogP contribution in [0.25, 0.3) is 21.8 Å². The molecular weight excluding hydrogens is 1310 g/mol. The number of nitrogens with zero attached hydrogens (tertiary/aromatic N) is 2. The van der Waals surface area contributed by atoms with Gasteiger partial charge in [-0.05, 0) is 109 Å². The molecule has 5 heterocycles. The number of benzene rings is 4. The second-order valence-electron chi connectivity index (χ2n) is 24.8. The van der Waals surface area contributed by atoms with Crippen molar-refractivity contribution >= 4 is 110 Å². The summed E-state index contributed by atoms with van der Waals surface area (Å²) in [7, 11) is 0. The van der Waals surface area contributed by atoms with Crippen molar-refractivity contribution in [1.82, 2.24) is 67.4 Å². The van der Waals surface area contributed by atoms with E-state index in [9.17, 15) is 62.1 Å². The third-order valence-electron chi connectivity index (χ3n) is 17.5. The number of carbonyl (C=O) groups is 11. The summed E-state index contributed by atoms with van der Waals surface area (Å²) < 4.78 is 29.7. The number of nitrogens with one attached hydrogen (secondary N) is 11. The standard InChI is InChI=1S/C67H74F2N14O13S2/c1-66-15-3-18-83(66)63(94)53(21-36-6-10-44(84)11-7-36)80-61(92)51(26-43-30-71-35-75-43)78-62(93)52(27-57(87)88)79-60(91)50(23-40-29-73-48-13-9-42(69)25-46(40)48)77-59(90)49(22-39-28-72-47-12-8-41(68)24-45(39)47)76-56(86)31-74-65(96)67(16-17-67)82-55(85)14-19-97-32-37-4-2-5-38(20-37)33-98-34-54(58(70)89)81-64(66)95/h2,4-13,20,24-25,28-30,35,49-54,72-73,84H,3,14-19,21-23,26-27,31-34H2,1H3,(H2,70,89)(H,71,75)(H,74,96)(H,76,86)(H,77,90)(H,78,93)(H,79,91)(H,80,92)(H,81,95)(H,82,85)(H,87,88)/t49-,50-,51-,52-,53-,54-,66-/m0/s1. The quantitative estimate of drug-likeness (QED) is 0.0883. The minimum atomic E-state index is -2.04. The Labute approximate surface area is 567 Å². The minimum Gasteiger partial charge on any atom is -0.508 e. The number of nitrogens with two attached hydrogens (primary N) is 1. The molecule has 1 aliphatic carbocycles. The monoisotopic (exact) mass is 1380 g/mol. The smallest absolute Gasteiger partial charge is 0.305 e. The molecule has 98 heavy (non-hydrogen) atoms. The van der Waals surface area contributed by atoms with Gasteiger partial charge in [-0.25, -0.2) is 13.8 Å². The molecule has 15 N–H and O–H groups in total. The Morgan fingerprint density at radius 1 is 0.653 bits per heavy atom. The average molecular weight is 1390 g/mol. The molecule has 3 aliphatic rings. The van der Waals surface area contributed by atoms with Crippen molar-refractivity contribution in [2.24, 2.45) is 5.73 Å². The number of amides is 10. The summed E-state index contributed by atoms with van der Waals surface area (Å²) in [5.74, 6) is -10.4. The molecule has 3 aromatic heterocycles. The number of phenols is 1. The van der Waals surface area contributed by atoms with E-state index in [-0.39, 0.29) is 79.6 Å². The van der Waals surface area contributed by atoms with Gasteiger partial charge in [-0.2, -0.15) is 23.5 Å². The van der Waals surface area contributed by atoms with Crippen molar-refractivity contribution in [3.05, 3.63) is 155 Å². The SMILES string of the molecule is C[C@@]12CCCN1C(=O)[C@H](Cc1ccc(O)cc1)NC(=O)[C@H](Cc1cnc[nH]1)NC(=O)[C@H](CC(=O)O)NC(=O)[C@H](Cc1c[nH]c3ccc(F)cc13)NC(=O)[C@H](Cc1c[nH]c3ccc(F)cc13)NC(=O)CNC(=O)C1(CC1)NC(=O)CCSCc1cccc(c1)CSC[C@@H](C(N)=O)NC2=O. The topological polar surface area (TPSA) is 414 Å². The first kappa shape index (κ1) is 70.5. The zero-order chi connectivity index (χ0) is 69.8. The lowest BCUT2D eigenvalue weighted by Crippen LogP contribution is -2.63. The van der Waals surface area contributed by atoms with Crippen molar-refractivity contribution < 1.29 is 71.7 Å². The summed E-state index contributed by atoms with van der Waals surface area (Å²) in [6, 6.07) is 11.2. The first-order valence-electron chi connectivity index (χ1n) is 31.7. The van der Waals surface area contributed by atoms with E-state index in [0.717, 1.165) is 11.1 Å². The van der Waals surface area contributed by atoms with Crippen molar-refractivity contribution in [3.63, 3.8) is 0 Å². The fourth-order valence-electron chi connectivity index (χ4n) is 12.0. The number of hydrogen-bond donors (Lipinski definition) is 14. The van der Waals surface area contributed by atoms with Crippen molar-refractivity contribution in [2.75, 3.05) is 24.6 Å². The highest BCUT2D eigenvalue weighted by molar-refractivity contribution is 7.98. The van der Waals surface area contributed by atoms with E-state index in [1.165, 1.54) is 121 Å². The van der Waals surface area contributed by atoms with Gasteiger partial charge in [0.2, 0.25) is 59.1 Å². The number of H-pyrrole nitrogens is 3. The Morgan fingerprint density at radius 2 is 1.23 bits per heavy atom. The number of primary amides is 1. The first-order chi connectivity index (χ1) is 46.9. The van der Waals surface area contributed by atoms with E-state index < -0.39 is 143 Å². The number of aromatic amines is 3. The molecule has 7 atom stereocenters. The summed E-state index contributed by atoms with van der Waals surface area (Å²) in [6.07, 6.45) is 3.99. The van der Waals surface area contributed by atoms with Crippen LogP contribution in [0.15, 0.2) is 110 Å². The van der Waals surface area contributed by atoms with E-state index in [2.05, 4.69) is 62.5 Å². The molecular formula is C67H74F2N14O13S2. The molecule has 10 amide bonds. The molecule has 0 unspecified atom stereocenters. The van der Waals surface area contributed by atoms with Crippen LogP contribution in [0.3, 0.4) is 0 Å². The van der Waals surface area contributed by atoms with Crippen LogP contribution in [0.5, 0.6) is 5.75 Å². The maximum absolute atomic E-state index is 15.2. The molecule has 31 heteroatoms. The molecule has 2 bridgehead atoms. The number of aromatic nitrogens is 4. The lowest BCUT2D eigenvalue weighted by Gasteiger charge is -2.37. The van der Waals surface area contributed by atoms with Gasteiger partial charge in [-0.15, -0.1) is 0 Å². The van der Waals surface area contributed by atoms with Crippen LogP contribution in [-0.4, -0.2) is 172 Å². The van der Waals surface area contributed by atoms with Gasteiger partial charge < -0.3 is 78.3 Å². The number of fused-ring (bicyclic) bond motifs is 5. The van der Waals surface area contributed by atoms with E-state index in [4.69, 9.17) is 5.73 Å². The average Bonchev–Trinajstić information content (AvgIpc) is 1.60. The molecule has 1 saturated heterocycles. The van der Waals surface area contributed by atoms with Crippen molar-refractivity contribution in [2.45, 2.75) is 130 Å².